The van der Waals surface area contributed by atoms with Crippen LogP contribution in [0.15, 0.2) is 27.7 Å². The van der Waals surface area contributed by atoms with Crippen LogP contribution in [0.1, 0.15) is 41.9 Å². The maximum Gasteiger partial charge on any atom is 0.325 e. The molecule has 3 aromatic rings. The van der Waals surface area contributed by atoms with E-state index in [1.54, 1.807) is 0 Å². The summed E-state index contributed by atoms with van der Waals surface area (Å²) >= 11 is 0.607. The number of ketones is 1. The summed E-state index contributed by atoms with van der Waals surface area (Å²) in [5, 5.41) is 14.7. The Bertz CT molecular complexity index is 1540. The van der Waals surface area contributed by atoms with Gasteiger partial charge in [-0.05, 0) is 35.4 Å². The van der Waals surface area contributed by atoms with E-state index in [0.29, 0.717) is 17.0 Å². The van der Waals surface area contributed by atoms with Crippen LogP contribution < -0.4 is 15.4 Å². The van der Waals surface area contributed by atoms with Crippen LogP contribution in [0.25, 0.3) is 0 Å². The van der Waals surface area contributed by atoms with Crippen molar-refractivity contribution in [3.63, 3.8) is 0 Å². The number of thiazole rings is 1. The number of carbonyl (C=O) groups excluding carboxylic acids is 2. The first-order valence-corrected chi connectivity index (χ1v) is 15.1. The second-order valence-corrected chi connectivity index (χ2v) is 13.2. The molecule has 2 amide bonds. The van der Waals surface area contributed by atoms with E-state index in [0.717, 1.165) is 36.6 Å². The molecular weight excluding hydrogens is 546 g/mol. The fourth-order valence-electron chi connectivity index (χ4n) is 3.74. The Morgan fingerprint density at radius 2 is 1.89 bits per heavy atom. The summed E-state index contributed by atoms with van der Waals surface area (Å²) in [6, 6.07) is 2.22. The van der Waals surface area contributed by atoms with Gasteiger partial charge < -0.3 is 5.32 Å². The fourth-order valence-corrected chi connectivity index (χ4v) is 6.87. The number of rotatable bonds is 9. The van der Waals surface area contributed by atoms with Crippen molar-refractivity contribution >= 4 is 53.8 Å². The van der Waals surface area contributed by atoms with Gasteiger partial charge in [0.2, 0.25) is 10.0 Å². The van der Waals surface area contributed by atoms with Gasteiger partial charge in [-0.15, -0.1) is 0 Å². The molecule has 0 unspecified atom stereocenters. The summed E-state index contributed by atoms with van der Waals surface area (Å²) in [5.41, 5.74) is 0.406. The van der Waals surface area contributed by atoms with Crippen LogP contribution in [-0.2, 0) is 33.5 Å². The maximum atomic E-state index is 13.1. The zero-order valence-electron chi connectivity index (χ0n) is 19.7. The Hall–Kier alpha value is -3.35. The molecule has 37 heavy (non-hydrogen) atoms. The number of hydrogen-bond acceptors (Lipinski definition) is 12. The Morgan fingerprint density at radius 1 is 1.16 bits per heavy atom. The van der Waals surface area contributed by atoms with Crippen molar-refractivity contribution in [1.29, 1.82) is 0 Å². The predicted octanol–water partition coefficient (Wildman–Crippen LogP) is 0.960. The largest absolute Gasteiger partial charge is 0.325 e. The van der Waals surface area contributed by atoms with Crippen molar-refractivity contribution in [1.82, 2.24) is 34.9 Å². The Balaban J connectivity index is 1.54. The Kier molecular flexibility index (Phi) is 7.62. The topological polar surface area (TPSA) is 208 Å². The Labute approximate surface area is 216 Å². The number of urea groups is 1. The quantitative estimate of drug-likeness (QED) is 0.309. The van der Waals surface area contributed by atoms with E-state index in [-0.39, 0.29) is 32.4 Å². The lowest BCUT2D eigenvalue weighted by atomic mass is 9.99. The molecule has 0 aromatic carbocycles. The number of anilines is 2. The van der Waals surface area contributed by atoms with E-state index >= 15 is 0 Å². The molecular formula is C19H23N9O6S3. The molecule has 1 aliphatic rings. The van der Waals surface area contributed by atoms with Crippen molar-refractivity contribution in [2.45, 2.75) is 41.6 Å². The predicted molar refractivity (Wildman–Crippen MR) is 131 cm³/mol. The van der Waals surface area contributed by atoms with E-state index in [9.17, 15) is 26.4 Å². The van der Waals surface area contributed by atoms with Crippen LogP contribution in [0.4, 0.5) is 15.6 Å². The van der Waals surface area contributed by atoms with Gasteiger partial charge in [0.25, 0.3) is 15.0 Å². The average molecular weight is 570 g/mol. The normalized spacial score (nSPS) is 14.5. The molecule has 3 aromatic heterocycles. The van der Waals surface area contributed by atoms with Crippen molar-refractivity contribution in [3.8, 4) is 0 Å². The van der Waals surface area contributed by atoms with E-state index in [4.69, 9.17) is 0 Å². The number of carbonyl (C=O) groups is 2. The molecule has 198 valence electrons. The summed E-state index contributed by atoms with van der Waals surface area (Å²) < 4.78 is 52.2. The second-order valence-electron chi connectivity index (χ2n) is 8.29. The maximum absolute atomic E-state index is 13.1. The highest BCUT2D eigenvalue weighted by Gasteiger charge is 2.31. The zero-order chi connectivity index (χ0) is 26.8. The number of nitrogens with zero attached hydrogens (tertiary/aromatic N) is 6. The van der Waals surface area contributed by atoms with Crippen LogP contribution in [0.3, 0.4) is 0 Å². The lowest BCUT2D eigenvalue weighted by Gasteiger charge is -2.09. The molecule has 0 saturated heterocycles. The third kappa shape index (κ3) is 6.32. The first-order valence-electron chi connectivity index (χ1n) is 10.9. The van der Waals surface area contributed by atoms with Crippen LogP contribution in [-0.4, -0.2) is 65.1 Å². The molecule has 0 radical (unpaired) electrons. The number of aryl methyl sites for hydroxylation is 1. The van der Waals surface area contributed by atoms with Crippen molar-refractivity contribution in [2.75, 3.05) is 16.9 Å². The standard InChI is InChI=1S/C19H23N9O6S3/c1-28-19(25-26-27-28)37(33,34)16-14(10-21-36(2,31)32)23-18(35-16)24-17(30)22-12-7-8-20-13(9-12)15(29)11-5-3-4-6-11/h7-9,11,21H,3-6,10H2,1-2H3,(H2,20,22,23,24,30). The molecule has 1 saturated carbocycles. The van der Waals surface area contributed by atoms with E-state index < -0.39 is 37.6 Å². The van der Waals surface area contributed by atoms with Gasteiger partial charge in [-0.25, -0.2) is 36.0 Å². The van der Waals surface area contributed by atoms with Gasteiger partial charge in [0, 0.05) is 24.8 Å². The highest BCUT2D eigenvalue weighted by Crippen LogP contribution is 2.32. The SMILES string of the molecule is Cn1nnnc1S(=O)(=O)c1sc(NC(=O)Nc2ccnc(C(=O)C3CCCC3)c2)nc1CNS(C)(=O)=O. The monoisotopic (exact) mass is 569 g/mol. The number of sulfone groups is 1. The minimum atomic E-state index is -4.29. The van der Waals surface area contributed by atoms with E-state index in [1.165, 1.54) is 25.4 Å². The van der Waals surface area contributed by atoms with Crippen LogP contribution >= 0.6 is 11.3 Å². The van der Waals surface area contributed by atoms with Gasteiger partial charge >= 0.3 is 6.03 Å². The number of aromatic nitrogens is 6. The molecule has 3 heterocycles. The summed E-state index contributed by atoms with van der Waals surface area (Å²) in [4.78, 5) is 33.5. The highest BCUT2D eigenvalue weighted by molar-refractivity contribution is 7.93. The second kappa shape index (κ2) is 10.6. The number of sulfonamides is 1. The zero-order valence-corrected chi connectivity index (χ0v) is 22.2. The minimum absolute atomic E-state index is 0.0717. The molecule has 1 aliphatic carbocycles. The number of tetrazole rings is 1. The summed E-state index contributed by atoms with van der Waals surface area (Å²) in [6.45, 7) is -0.449. The minimum Gasteiger partial charge on any atom is -0.308 e. The number of pyridine rings is 1. The third-order valence-electron chi connectivity index (χ3n) is 5.45. The molecule has 1 fully saturated rings. The highest BCUT2D eigenvalue weighted by atomic mass is 32.2. The first-order chi connectivity index (χ1) is 17.4. The average Bonchev–Trinajstić information content (AvgIpc) is 3.58. The molecule has 0 bridgehead atoms. The number of Topliss-reactive ketones (excluding diaryl/α,β-unsaturated/α-hetero) is 1. The number of nitrogens with one attached hydrogen (secondary N) is 3. The smallest absolute Gasteiger partial charge is 0.308 e. The lowest BCUT2D eigenvalue weighted by Crippen LogP contribution is -2.23. The summed E-state index contributed by atoms with van der Waals surface area (Å²) in [6.07, 6.45) is 5.95. The number of amides is 2. The van der Waals surface area contributed by atoms with Crippen LogP contribution in [0.2, 0.25) is 0 Å². The molecule has 0 atom stereocenters. The van der Waals surface area contributed by atoms with E-state index in [1.807, 2.05) is 0 Å². The molecule has 0 aliphatic heterocycles. The summed E-state index contributed by atoms with van der Waals surface area (Å²) in [7, 11) is -6.64. The number of hydrogen-bond donors (Lipinski definition) is 3. The first kappa shape index (κ1) is 26.7. The van der Waals surface area contributed by atoms with Gasteiger partial charge in [-0.3, -0.25) is 15.1 Å². The molecule has 3 N–H and O–H groups in total. The molecule has 15 nitrogen and oxygen atoms in total. The lowest BCUT2D eigenvalue weighted by molar-refractivity contribution is 0.0917. The fraction of sp³-hybridized carbons (Fsp3) is 0.421. The van der Waals surface area contributed by atoms with Gasteiger partial charge in [0.15, 0.2) is 15.1 Å². The van der Waals surface area contributed by atoms with Crippen molar-refractivity contribution in [2.24, 2.45) is 13.0 Å². The van der Waals surface area contributed by atoms with Crippen molar-refractivity contribution < 1.29 is 26.4 Å². The summed E-state index contributed by atoms with van der Waals surface area (Å²) in [5.74, 6) is -0.145. The van der Waals surface area contributed by atoms with E-state index in [2.05, 4.69) is 40.8 Å². The van der Waals surface area contributed by atoms with Crippen LogP contribution in [0, 0.1) is 5.92 Å². The molecule has 18 heteroatoms. The van der Waals surface area contributed by atoms with Gasteiger partial charge in [0.1, 0.15) is 5.69 Å². The Morgan fingerprint density at radius 3 is 2.54 bits per heavy atom. The third-order valence-corrected chi connectivity index (χ3v) is 9.38. The molecule has 4 rings (SSSR count). The molecule has 0 spiro atoms. The van der Waals surface area contributed by atoms with Gasteiger partial charge in [-0.2, -0.15) is 0 Å². The van der Waals surface area contributed by atoms with Crippen LogP contribution in [0.5, 0.6) is 0 Å². The van der Waals surface area contributed by atoms with Crippen molar-refractivity contribution in [3.05, 3.63) is 29.7 Å². The van der Waals surface area contributed by atoms with Gasteiger partial charge in [0.05, 0.1) is 18.5 Å². The van der Waals surface area contributed by atoms with Gasteiger partial charge in [-0.1, -0.05) is 29.3 Å².